The fourth-order valence-corrected chi connectivity index (χ4v) is 4.01. The topological polar surface area (TPSA) is 84.5 Å². The van der Waals surface area contributed by atoms with Crippen LogP contribution in [0.5, 0.6) is 0 Å². The maximum atomic E-state index is 15.0. The quantitative estimate of drug-likeness (QED) is 0.444. The number of methoxy groups -OCH3 is 1. The highest BCUT2D eigenvalue weighted by Gasteiger charge is 2.50. The van der Waals surface area contributed by atoms with Gasteiger partial charge in [-0.15, -0.1) is 0 Å². The minimum absolute atomic E-state index is 0.0415. The van der Waals surface area contributed by atoms with E-state index in [1.807, 2.05) is 0 Å². The third kappa shape index (κ3) is 5.01. The lowest BCUT2D eigenvalue weighted by atomic mass is 9.75. The Balaban J connectivity index is 1.82. The fraction of sp³-hybridized carbons (Fsp3) is 0.348. The lowest BCUT2D eigenvalue weighted by Gasteiger charge is -2.41. The molecule has 6 nitrogen and oxygen atoms in total. The standard InChI is InChI=1S/C23H21ClF4N2O4/c1-12(29-20(32)22(9-4-10-22)30-21(33)23(26,27)28)14-8-7-13(11-17(14)25)15-5-3-6-16(24)18(15)19(31)34-2/h3,5-8,11-12H,4,9-10H2,1-2H3,(H,29,32)(H,30,33)/t12-/m1/s1. The number of ether oxygens (including phenoxy) is 1. The zero-order chi connectivity index (χ0) is 25.3. The summed E-state index contributed by atoms with van der Waals surface area (Å²) in [6.45, 7) is 1.47. The molecule has 1 atom stereocenters. The van der Waals surface area contributed by atoms with Crippen LogP contribution in [-0.4, -0.2) is 36.6 Å². The Morgan fingerprint density at radius 3 is 2.35 bits per heavy atom. The van der Waals surface area contributed by atoms with Gasteiger partial charge >= 0.3 is 18.1 Å². The Hall–Kier alpha value is -3.14. The number of amides is 2. The number of rotatable bonds is 6. The molecule has 1 aliphatic rings. The van der Waals surface area contributed by atoms with E-state index in [1.165, 1.54) is 32.2 Å². The van der Waals surface area contributed by atoms with E-state index in [0.717, 1.165) is 6.07 Å². The molecule has 1 aliphatic carbocycles. The van der Waals surface area contributed by atoms with Crippen molar-refractivity contribution in [2.75, 3.05) is 7.11 Å². The molecule has 0 heterocycles. The van der Waals surface area contributed by atoms with Crippen LogP contribution in [0, 0.1) is 5.82 Å². The molecule has 2 N–H and O–H groups in total. The number of halogens is 5. The Labute approximate surface area is 197 Å². The first-order chi connectivity index (χ1) is 15.9. The predicted octanol–water partition coefficient (Wildman–Crippen LogP) is 4.71. The normalized spacial score (nSPS) is 15.6. The summed E-state index contributed by atoms with van der Waals surface area (Å²) in [6.07, 6.45) is -4.58. The summed E-state index contributed by atoms with van der Waals surface area (Å²) in [7, 11) is 1.19. The van der Waals surface area contributed by atoms with Gasteiger partial charge in [0.25, 0.3) is 0 Å². The van der Waals surface area contributed by atoms with Crippen molar-refractivity contribution in [3.8, 4) is 11.1 Å². The third-order valence-electron chi connectivity index (χ3n) is 5.78. The van der Waals surface area contributed by atoms with E-state index >= 15 is 0 Å². The molecule has 34 heavy (non-hydrogen) atoms. The number of carbonyl (C=O) groups excluding carboxylic acids is 3. The van der Waals surface area contributed by atoms with E-state index in [9.17, 15) is 31.9 Å². The zero-order valence-electron chi connectivity index (χ0n) is 18.2. The SMILES string of the molecule is COC(=O)c1c(Cl)cccc1-c1ccc([C@@H](C)NC(=O)C2(NC(=O)C(F)(F)F)CCC2)c(F)c1. The van der Waals surface area contributed by atoms with Crippen LogP contribution < -0.4 is 10.6 Å². The summed E-state index contributed by atoms with van der Waals surface area (Å²) in [5.41, 5.74) is -0.892. The van der Waals surface area contributed by atoms with Gasteiger partial charge in [0.2, 0.25) is 5.91 Å². The zero-order valence-corrected chi connectivity index (χ0v) is 18.9. The molecule has 2 aromatic rings. The van der Waals surface area contributed by atoms with Crippen molar-refractivity contribution in [1.82, 2.24) is 10.6 Å². The molecule has 0 unspecified atom stereocenters. The van der Waals surface area contributed by atoms with E-state index < -0.39 is 41.4 Å². The predicted molar refractivity (Wildman–Crippen MR) is 116 cm³/mol. The van der Waals surface area contributed by atoms with Crippen molar-refractivity contribution in [3.05, 3.63) is 58.4 Å². The van der Waals surface area contributed by atoms with Crippen LogP contribution >= 0.6 is 11.6 Å². The highest BCUT2D eigenvalue weighted by Crippen LogP contribution is 2.35. The summed E-state index contributed by atoms with van der Waals surface area (Å²) in [6, 6.07) is 7.80. The molecule has 1 saturated carbocycles. The van der Waals surface area contributed by atoms with Crippen molar-refractivity contribution < 1.29 is 36.7 Å². The smallest absolute Gasteiger partial charge is 0.465 e. The molecular formula is C23H21ClF4N2O4. The summed E-state index contributed by atoms with van der Waals surface area (Å²) in [5.74, 6) is -4.44. The molecule has 0 saturated heterocycles. The average Bonchev–Trinajstić information content (AvgIpc) is 2.74. The van der Waals surface area contributed by atoms with Crippen LogP contribution in [0.2, 0.25) is 5.02 Å². The molecular weight excluding hydrogens is 480 g/mol. The maximum Gasteiger partial charge on any atom is 0.471 e. The molecule has 1 fully saturated rings. The molecule has 0 radical (unpaired) electrons. The van der Waals surface area contributed by atoms with Crippen molar-refractivity contribution >= 4 is 29.4 Å². The van der Waals surface area contributed by atoms with Gasteiger partial charge in [-0.05, 0) is 49.4 Å². The highest BCUT2D eigenvalue weighted by atomic mass is 35.5. The number of esters is 1. The van der Waals surface area contributed by atoms with Gasteiger partial charge in [0.05, 0.1) is 23.7 Å². The van der Waals surface area contributed by atoms with Crippen LogP contribution in [0.15, 0.2) is 36.4 Å². The average molecular weight is 501 g/mol. The van der Waals surface area contributed by atoms with Crippen molar-refractivity contribution in [1.29, 1.82) is 0 Å². The molecule has 0 spiro atoms. The van der Waals surface area contributed by atoms with E-state index in [4.69, 9.17) is 16.3 Å². The van der Waals surface area contributed by atoms with Crippen molar-refractivity contribution in [2.24, 2.45) is 0 Å². The molecule has 0 aliphatic heterocycles. The lowest BCUT2D eigenvalue weighted by molar-refractivity contribution is -0.177. The van der Waals surface area contributed by atoms with E-state index in [1.54, 1.807) is 17.4 Å². The van der Waals surface area contributed by atoms with Gasteiger partial charge < -0.3 is 15.4 Å². The first kappa shape index (κ1) is 25.5. The number of benzene rings is 2. The molecule has 182 valence electrons. The van der Waals surface area contributed by atoms with E-state index in [0.29, 0.717) is 17.5 Å². The third-order valence-corrected chi connectivity index (χ3v) is 6.10. The molecule has 2 aromatic carbocycles. The second kappa shape index (κ2) is 9.61. The summed E-state index contributed by atoms with van der Waals surface area (Å²) < 4.78 is 57.7. The van der Waals surface area contributed by atoms with Gasteiger partial charge in [-0.3, -0.25) is 9.59 Å². The number of alkyl halides is 3. The first-order valence-corrected chi connectivity index (χ1v) is 10.6. The van der Waals surface area contributed by atoms with Crippen LogP contribution in [0.25, 0.3) is 11.1 Å². The molecule has 3 rings (SSSR count). The molecule has 11 heteroatoms. The first-order valence-electron chi connectivity index (χ1n) is 10.3. The molecule has 0 bridgehead atoms. The van der Waals surface area contributed by atoms with Gasteiger partial charge in [-0.2, -0.15) is 13.2 Å². The van der Waals surface area contributed by atoms with Crippen molar-refractivity contribution in [3.63, 3.8) is 0 Å². The van der Waals surface area contributed by atoms with Crippen LogP contribution in [0.1, 0.15) is 48.1 Å². The van der Waals surface area contributed by atoms with Crippen LogP contribution in [0.3, 0.4) is 0 Å². The lowest BCUT2D eigenvalue weighted by Crippen LogP contribution is -2.64. The van der Waals surface area contributed by atoms with Gasteiger partial charge in [-0.25, -0.2) is 9.18 Å². The second-order valence-corrected chi connectivity index (χ2v) is 8.38. The second-order valence-electron chi connectivity index (χ2n) is 7.97. The number of nitrogens with one attached hydrogen (secondary N) is 2. The van der Waals surface area contributed by atoms with Gasteiger partial charge in [0.1, 0.15) is 11.4 Å². The fourth-order valence-electron chi connectivity index (χ4n) is 3.76. The van der Waals surface area contributed by atoms with E-state index in [2.05, 4.69) is 5.32 Å². The monoisotopic (exact) mass is 500 g/mol. The molecule has 0 aromatic heterocycles. The van der Waals surface area contributed by atoms with E-state index in [-0.39, 0.29) is 29.0 Å². The highest BCUT2D eigenvalue weighted by molar-refractivity contribution is 6.34. The van der Waals surface area contributed by atoms with Gasteiger partial charge in [0.15, 0.2) is 0 Å². The Morgan fingerprint density at radius 1 is 1.15 bits per heavy atom. The minimum atomic E-state index is -5.13. The number of hydrogen-bond acceptors (Lipinski definition) is 4. The summed E-state index contributed by atoms with van der Waals surface area (Å²) in [5, 5.41) is 4.39. The Morgan fingerprint density at radius 2 is 1.82 bits per heavy atom. The maximum absolute atomic E-state index is 15.0. The van der Waals surface area contributed by atoms with Crippen LogP contribution in [0.4, 0.5) is 17.6 Å². The largest absolute Gasteiger partial charge is 0.471 e. The van der Waals surface area contributed by atoms with Crippen LogP contribution in [-0.2, 0) is 14.3 Å². The Bertz CT molecular complexity index is 1130. The Kier molecular flexibility index (Phi) is 7.21. The molecule has 2 amide bonds. The number of hydrogen-bond donors (Lipinski definition) is 2. The van der Waals surface area contributed by atoms with Gasteiger partial charge in [0, 0.05) is 5.56 Å². The minimum Gasteiger partial charge on any atom is -0.465 e. The summed E-state index contributed by atoms with van der Waals surface area (Å²) in [4.78, 5) is 36.2. The van der Waals surface area contributed by atoms with Crippen molar-refractivity contribution in [2.45, 2.75) is 43.9 Å². The van der Waals surface area contributed by atoms with Gasteiger partial charge in [-0.1, -0.05) is 35.9 Å². The number of carbonyl (C=O) groups is 3. The summed E-state index contributed by atoms with van der Waals surface area (Å²) >= 11 is 6.12.